The monoisotopic (exact) mass is 279 g/mol. The van der Waals surface area contributed by atoms with Crippen molar-refractivity contribution in [2.24, 2.45) is 0 Å². The highest BCUT2D eigenvalue weighted by atomic mass is 32.1. The lowest BCUT2D eigenvalue weighted by Crippen LogP contribution is -2.28. The van der Waals surface area contributed by atoms with Crippen LogP contribution in [0.2, 0.25) is 0 Å². The molecule has 1 aliphatic rings. The number of hydrogen-bond donors (Lipinski definition) is 1. The first-order valence-corrected chi connectivity index (χ1v) is 5.66. The van der Waals surface area contributed by atoms with Crippen LogP contribution in [0.3, 0.4) is 0 Å². The van der Waals surface area contributed by atoms with Crippen LogP contribution in [0.4, 0.5) is 23.2 Å². The van der Waals surface area contributed by atoms with Crippen LogP contribution in [0.25, 0.3) is 0 Å². The second-order valence-electron chi connectivity index (χ2n) is 4.00. The largest absolute Gasteiger partial charge is 0.418 e. The molecule has 0 aromatic heterocycles. The summed E-state index contributed by atoms with van der Waals surface area (Å²) in [6.45, 7) is -0.0219. The van der Waals surface area contributed by atoms with Crippen molar-refractivity contribution in [1.82, 2.24) is 0 Å². The molecule has 1 fully saturated rings. The standard InChI is InChI=1S/C11H9F4NOS/c12-8-3-1-2-7(11(13,14)15)10(8)16-5-6(18)4-9(16)17/h1-3,6,18H,4-5H2. The topological polar surface area (TPSA) is 20.3 Å². The SMILES string of the molecule is O=C1CC(S)CN1c1c(F)cccc1C(F)(F)F. The first-order valence-electron chi connectivity index (χ1n) is 5.15. The predicted molar refractivity (Wildman–Crippen MR) is 61.1 cm³/mol. The number of halogens is 4. The Hall–Kier alpha value is -1.24. The molecule has 7 heteroatoms. The van der Waals surface area contributed by atoms with Gasteiger partial charge in [0.2, 0.25) is 5.91 Å². The summed E-state index contributed by atoms with van der Waals surface area (Å²) >= 11 is 4.04. The summed E-state index contributed by atoms with van der Waals surface area (Å²) in [6, 6.07) is 2.64. The Labute approximate surface area is 106 Å². The van der Waals surface area contributed by atoms with Crippen molar-refractivity contribution in [1.29, 1.82) is 0 Å². The van der Waals surface area contributed by atoms with Crippen molar-refractivity contribution in [3.05, 3.63) is 29.6 Å². The molecule has 0 N–H and O–H groups in total. The molecular weight excluding hydrogens is 270 g/mol. The first-order chi connectivity index (χ1) is 8.30. The zero-order chi connectivity index (χ0) is 13.5. The summed E-state index contributed by atoms with van der Waals surface area (Å²) in [6.07, 6.45) is -4.69. The molecule has 0 bridgehead atoms. The number of amides is 1. The average Bonchev–Trinajstić information content (AvgIpc) is 2.56. The summed E-state index contributed by atoms with van der Waals surface area (Å²) in [5.74, 6) is -1.61. The maximum atomic E-state index is 13.6. The fraction of sp³-hybridized carbons (Fsp3) is 0.364. The van der Waals surface area contributed by atoms with E-state index in [4.69, 9.17) is 0 Å². The van der Waals surface area contributed by atoms with Crippen molar-refractivity contribution < 1.29 is 22.4 Å². The van der Waals surface area contributed by atoms with E-state index in [9.17, 15) is 22.4 Å². The van der Waals surface area contributed by atoms with E-state index in [0.29, 0.717) is 0 Å². The molecule has 1 aliphatic heterocycles. The molecule has 1 aromatic carbocycles. The van der Waals surface area contributed by atoms with E-state index in [1.807, 2.05) is 0 Å². The molecule has 0 spiro atoms. The number of carbonyl (C=O) groups excluding carboxylic acids is 1. The Morgan fingerprint density at radius 1 is 1.33 bits per heavy atom. The molecule has 1 unspecified atom stereocenters. The fourth-order valence-electron chi connectivity index (χ4n) is 1.92. The van der Waals surface area contributed by atoms with Gasteiger partial charge in [-0.1, -0.05) is 6.07 Å². The lowest BCUT2D eigenvalue weighted by atomic mass is 10.1. The molecule has 1 heterocycles. The third-order valence-electron chi connectivity index (χ3n) is 2.67. The van der Waals surface area contributed by atoms with Crippen molar-refractivity contribution in [2.75, 3.05) is 11.4 Å². The molecule has 2 nitrogen and oxygen atoms in total. The number of thiol groups is 1. The Morgan fingerprint density at radius 2 is 2.00 bits per heavy atom. The molecule has 0 saturated carbocycles. The van der Waals surface area contributed by atoms with Gasteiger partial charge < -0.3 is 4.90 Å². The Balaban J connectivity index is 2.53. The Kier molecular flexibility index (Phi) is 3.27. The van der Waals surface area contributed by atoms with E-state index in [1.165, 1.54) is 0 Å². The van der Waals surface area contributed by atoms with Crippen LogP contribution in [0.15, 0.2) is 18.2 Å². The second kappa shape index (κ2) is 4.46. The minimum Gasteiger partial charge on any atom is -0.308 e. The molecule has 1 atom stereocenters. The van der Waals surface area contributed by atoms with E-state index in [0.717, 1.165) is 23.1 Å². The third-order valence-corrected chi connectivity index (χ3v) is 3.01. The van der Waals surface area contributed by atoms with Gasteiger partial charge in [0.25, 0.3) is 0 Å². The van der Waals surface area contributed by atoms with Gasteiger partial charge in [0, 0.05) is 18.2 Å². The average molecular weight is 279 g/mol. The van der Waals surface area contributed by atoms with Crippen LogP contribution in [0.5, 0.6) is 0 Å². The molecule has 1 amide bonds. The van der Waals surface area contributed by atoms with Crippen molar-refractivity contribution in [2.45, 2.75) is 17.8 Å². The summed E-state index contributed by atoms with van der Waals surface area (Å²) < 4.78 is 52.0. The highest BCUT2D eigenvalue weighted by molar-refractivity contribution is 7.81. The second-order valence-corrected chi connectivity index (χ2v) is 4.73. The van der Waals surface area contributed by atoms with E-state index >= 15 is 0 Å². The number of alkyl halides is 3. The zero-order valence-corrected chi connectivity index (χ0v) is 9.93. The van der Waals surface area contributed by atoms with Crippen molar-refractivity contribution in [3.8, 4) is 0 Å². The van der Waals surface area contributed by atoms with Crippen LogP contribution in [0.1, 0.15) is 12.0 Å². The Morgan fingerprint density at radius 3 is 2.50 bits per heavy atom. The minimum atomic E-state index is -4.70. The van der Waals surface area contributed by atoms with Gasteiger partial charge >= 0.3 is 6.18 Å². The van der Waals surface area contributed by atoms with E-state index < -0.39 is 29.2 Å². The number of hydrogen-bond acceptors (Lipinski definition) is 2. The quantitative estimate of drug-likeness (QED) is 0.619. The van der Waals surface area contributed by atoms with Gasteiger partial charge in [-0.25, -0.2) is 4.39 Å². The van der Waals surface area contributed by atoms with Crippen LogP contribution >= 0.6 is 12.6 Å². The van der Waals surface area contributed by atoms with E-state index in [2.05, 4.69) is 12.6 Å². The lowest BCUT2D eigenvalue weighted by Gasteiger charge is -2.21. The molecule has 0 aliphatic carbocycles. The number of nitrogens with zero attached hydrogens (tertiary/aromatic N) is 1. The lowest BCUT2D eigenvalue weighted by molar-refractivity contribution is -0.137. The predicted octanol–water partition coefficient (Wildman–Crippen LogP) is 2.88. The van der Waals surface area contributed by atoms with Gasteiger partial charge in [-0.15, -0.1) is 0 Å². The third kappa shape index (κ3) is 2.31. The van der Waals surface area contributed by atoms with Crippen LogP contribution in [0, 0.1) is 5.82 Å². The highest BCUT2D eigenvalue weighted by Gasteiger charge is 2.40. The minimum absolute atomic E-state index is 0.00867. The maximum Gasteiger partial charge on any atom is 0.418 e. The summed E-state index contributed by atoms with van der Waals surface area (Å²) in [4.78, 5) is 12.4. The summed E-state index contributed by atoms with van der Waals surface area (Å²) in [5, 5.41) is -0.377. The van der Waals surface area contributed by atoms with Gasteiger partial charge in [0.1, 0.15) is 5.82 Å². The number of benzene rings is 1. The maximum absolute atomic E-state index is 13.6. The van der Waals surface area contributed by atoms with Gasteiger partial charge in [-0.2, -0.15) is 25.8 Å². The number of carbonyl (C=O) groups is 1. The summed E-state index contributed by atoms with van der Waals surface area (Å²) in [5.41, 5.74) is -1.84. The fourth-order valence-corrected chi connectivity index (χ4v) is 2.24. The van der Waals surface area contributed by atoms with Crippen molar-refractivity contribution in [3.63, 3.8) is 0 Å². The van der Waals surface area contributed by atoms with Crippen LogP contribution < -0.4 is 4.90 Å². The number of para-hydroxylation sites is 1. The smallest absolute Gasteiger partial charge is 0.308 e. The molecule has 98 valence electrons. The van der Waals surface area contributed by atoms with E-state index in [-0.39, 0.29) is 18.2 Å². The number of anilines is 1. The summed E-state index contributed by atoms with van der Waals surface area (Å²) in [7, 11) is 0. The van der Waals surface area contributed by atoms with Gasteiger partial charge in [0.05, 0.1) is 11.3 Å². The molecule has 18 heavy (non-hydrogen) atoms. The molecule has 2 rings (SSSR count). The molecule has 1 saturated heterocycles. The normalized spacial score (nSPS) is 20.6. The van der Waals surface area contributed by atoms with Crippen molar-refractivity contribution >= 4 is 24.2 Å². The number of rotatable bonds is 1. The van der Waals surface area contributed by atoms with E-state index in [1.54, 1.807) is 0 Å². The Bertz CT molecular complexity index is 488. The van der Waals surface area contributed by atoms with Crippen LogP contribution in [-0.2, 0) is 11.0 Å². The van der Waals surface area contributed by atoms with Gasteiger partial charge in [-0.3, -0.25) is 4.79 Å². The molecule has 1 aromatic rings. The first kappa shape index (κ1) is 13.2. The highest BCUT2D eigenvalue weighted by Crippen LogP contribution is 2.39. The van der Waals surface area contributed by atoms with Gasteiger partial charge in [-0.05, 0) is 12.1 Å². The van der Waals surface area contributed by atoms with Gasteiger partial charge in [0.15, 0.2) is 0 Å². The van der Waals surface area contributed by atoms with Crippen LogP contribution in [-0.4, -0.2) is 17.7 Å². The molecule has 0 radical (unpaired) electrons. The molecular formula is C11H9F4NOS. The zero-order valence-electron chi connectivity index (χ0n) is 9.04.